The van der Waals surface area contributed by atoms with Gasteiger partial charge in [-0.05, 0) is 24.4 Å². The predicted molar refractivity (Wildman–Crippen MR) is 79.8 cm³/mol. The summed E-state index contributed by atoms with van der Waals surface area (Å²) in [5.41, 5.74) is 1.26. The van der Waals surface area contributed by atoms with Gasteiger partial charge in [0, 0.05) is 26.1 Å². The van der Waals surface area contributed by atoms with Gasteiger partial charge in [-0.25, -0.2) is 0 Å². The van der Waals surface area contributed by atoms with Crippen molar-refractivity contribution in [3.05, 3.63) is 34.0 Å². The zero-order valence-corrected chi connectivity index (χ0v) is 12.1. The number of thiophene rings is 1. The number of carbonyl (C=O) groups is 2. The van der Waals surface area contributed by atoms with Crippen LogP contribution < -0.4 is 16.0 Å². The van der Waals surface area contributed by atoms with Crippen molar-refractivity contribution in [1.29, 1.82) is 0 Å². The number of carbonyl (C=O) groups excluding carboxylic acids is 2. The van der Waals surface area contributed by atoms with Crippen LogP contribution in [0.5, 0.6) is 0 Å². The molecule has 0 unspecified atom stereocenters. The third-order valence-electron chi connectivity index (χ3n) is 3.05. The lowest BCUT2D eigenvalue weighted by Gasteiger charge is -2.14. The molecule has 0 aromatic carbocycles. The summed E-state index contributed by atoms with van der Waals surface area (Å²) in [5, 5.41) is 10.7. The normalized spacial score (nSPS) is 14.5. The fourth-order valence-electron chi connectivity index (χ4n) is 1.92. The summed E-state index contributed by atoms with van der Waals surface area (Å²) in [5.74, 6) is -0.148. The van der Waals surface area contributed by atoms with E-state index < -0.39 is 0 Å². The molecule has 1 aliphatic heterocycles. The predicted octanol–water partition coefficient (Wildman–Crippen LogP) is 0.904. The minimum absolute atomic E-state index is 0.0316. The van der Waals surface area contributed by atoms with Crippen LogP contribution in [0.15, 0.2) is 29.2 Å². The van der Waals surface area contributed by atoms with Crippen molar-refractivity contribution in [2.45, 2.75) is 12.8 Å². The Hall–Kier alpha value is -1.66. The molecule has 0 atom stereocenters. The molecular formula is C14H19N3O2S. The summed E-state index contributed by atoms with van der Waals surface area (Å²) in [6.07, 6.45) is 3.40. The summed E-state index contributed by atoms with van der Waals surface area (Å²) < 4.78 is 0. The molecule has 0 spiro atoms. The second kappa shape index (κ2) is 7.81. The Morgan fingerprint density at radius 1 is 1.35 bits per heavy atom. The molecule has 0 saturated heterocycles. The zero-order chi connectivity index (χ0) is 14.2. The van der Waals surface area contributed by atoms with Crippen molar-refractivity contribution >= 4 is 23.2 Å². The third kappa shape index (κ3) is 4.79. The maximum absolute atomic E-state index is 11.7. The van der Waals surface area contributed by atoms with Gasteiger partial charge in [-0.15, -0.1) is 11.3 Å². The van der Waals surface area contributed by atoms with Crippen LogP contribution in [-0.4, -0.2) is 38.0 Å². The van der Waals surface area contributed by atoms with Gasteiger partial charge >= 0.3 is 0 Å². The highest BCUT2D eigenvalue weighted by atomic mass is 32.1. The van der Waals surface area contributed by atoms with Crippen molar-refractivity contribution in [3.63, 3.8) is 0 Å². The molecule has 0 aliphatic carbocycles. The molecule has 0 saturated carbocycles. The van der Waals surface area contributed by atoms with Crippen molar-refractivity contribution in [2.24, 2.45) is 0 Å². The summed E-state index contributed by atoms with van der Waals surface area (Å²) in [4.78, 5) is 24.0. The van der Waals surface area contributed by atoms with E-state index in [4.69, 9.17) is 0 Å². The van der Waals surface area contributed by atoms with Crippen LogP contribution in [-0.2, 0) is 4.79 Å². The molecule has 3 N–H and O–H groups in total. The Morgan fingerprint density at radius 2 is 2.25 bits per heavy atom. The summed E-state index contributed by atoms with van der Waals surface area (Å²) in [6, 6.07) is 3.60. The highest BCUT2D eigenvalue weighted by Gasteiger charge is 2.08. The van der Waals surface area contributed by atoms with Gasteiger partial charge in [-0.1, -0.05) is 17.7 Å². The summed E-state index contributed by atoms with van der Waals surface area (Å²) in [6.45, 7) is 2.82. The van der Waals surface area contributed by atoms with Crippen LogP contribution in [0.1, 0.15) is 22.5 Å². The number of amides is 2. The van der Waals surface area contributed by atoms with E-state index in [0.29, 0.717) is 24.4 Å². The van der Waals surface area contributed by atoms with E-state index in [2.05, 4.69) is 22.0 Å². The molecule has 2 rings (SSSR count). The zero-order valence-electron chi connectivity index (χ0n) is 11.3. The van der Waals surface area contributed by atoms with E-state index in [9.17, 15) is 9.59 Å². The van der Waals surface area contributed by atoms with Crippen molar-refractivity contribution in [2.75, 3.05) is 26.2 Å². The Morgan fingerprint density at radius 3 is 2.95 bits per heavy atom. The number of hydrogen-bond donors (Lipinski definition) is 3. The fourth-order valence-corrected chi connectivity index (χ4v) is 2.56. The van der Waals surface area contributed by atoms with Crippen LogP contribution in [0, 0.1) is 0 Å². The van der Waals surface area contributed by atoms with Gasteiger partial charge in [-0.2, -0.15) is 0 Å². The molecule has 1 aromatic rings. The molecule has 0 fully saturated rings. The van der Waals surface area contributed by atoms with Crippen LogP contribution >= 0.6 is 11.3 Å². The van der Waals surface area contributed by atoms with Crippen molar-refractivity contribution < 1.29 is 9.59 Å². The van der Waals surface area contributed by atoms with E-state index in [-0.39, 0.29) is 11.8 Å². The molecule has 20 heavy (non-hydrogen) atoms. The van der Waals surface area contributed by atoms with Gasteiger partial charge in [0.25, 0.3) is 5.91 Å². The Labute approximate surface area is 122 Å². The lowest BCUT2D eigenvalue weighted by molar-refractivity contribution is -0.120. The summed E-state index contributed by atoms with van der Waals surface area (Å²) >= 11 is 1.39. The van der Waals surface area contributed by atoms with Gasteiger partial charge in [0.1, 0.15) is 0 Å². The number of nitrogens with one attached hydrogen (secondary N) is 3. The largest absolute Gasteiger partial charge is 0.352 e. The quantitative estimate of drug-likeness (QED) is 0.683. The first-order valence-electron chi connectivity index (χ1n) is 6.73. The van der Waals surface area contributed by atoms with E-state index >= 15 is 0 Å². The van der Waals surface area contributed by atoms with E-state index in [0.717, 1.165) is 19.5 Å². The van der Waals surface area contributed by atoms with Gasteiger partial charge in [0.05, 0.1) is 4.88 Å². The van der Waals surface area contributed by atoms with Crippen LogP contribution in [0.4, 0.5) is 0 Å². The molecule has 108 valence electrons. The molecule has 1 aromatic heterocycles. The highest BCUT2D eigenvalue weighted by molar-refractivity contribution is 7.12. The van der Waals surface area contributed by atoms with Gasteiger partial charge < -0.3 is 16.0 Å². The van der Waals surface area contributed by atoms with Gasteiger partial charge in [0.15, 0.2) is 0 Å². The fraction of sp³-hybridized carbons (Fsp3) is 0.429. The lowest BCUT2D eigenvalue weighted by Crippen LogP contribution is -2.32. The summed E-state index contributed by atoms with van der Waals surface area (Å²) in [7, 11) is 0. The molecule has 2 heterocycles. The molecular weight excluding hydrogens is 274 g/mol. The SMILES string of the molecule is O=C(CCNC(=O)c1cccs1)NCC1=CCNCC1. The maximum atomic E-state index is 11.7. The Kier molecular flexibility index (Phi) is 5.76. The van der Waals surface area contributed by atoms with E-state index in [1.807, 2.05) is 11.4 Å². The Bertz CT molecular complexity index is 483. The van der Waals surface area contributed by atoms with Crippen molar-refractivity contribution in [3.8, 4) is 0 Å². The monoisotopic (exact) mass is 293 g/mol. The van der Waals surface area contributed by atoms with Gasteiger partial charge in [0.2, 0.25) is 5.91 Å². The maximum Gasteiger partial charge on any atom is 0.261 e. The average Bonchev–Trinajstić information content (AvgIpc) is 3.00. The topological polar surface area (TPSA) is 70.2 Å². The molecule has 5 nitrogen and oxygen atoms in total. The number of rotatable bonds is 6. The smallest absolute Gasteiger partial charge is 0.261 e. The minimum atomic E-state index is -0.117. The Balaban J connectivity index is 1.60. The molecule has 2 amide bonds. The first-order chi connectivity index (χ1) is 9.75. The third-order valence-corrected chi connectivity index (χ3v) is 3.92. The second-order valence-corrected chi connectivity index (χ2v) is 5.52. The number of hydrogen-bond acceptors (Lipinski definition) is 4. The molecule has 0 bridgehead atoms. The average molecular weight is 293 g/mol. The highest BCUT2D eigenvalue weighted by Crippen LogP contribution is 2.07. The minimum Gasteiger partial charge on any atom is -0.352 e. The molecule has 1 aliphatic rings. The van der Waals surface area contributed by atoms with Crippen LogP contribution in [0.25, 0.3) is 0 Å². The van der Waals surface area contributed by atoms with E-state index in [1.54, 1.807) is 6.07 Å². The first-order valence-corrected chi connectivity index (χ1v) is 7.60. The molecule has 0 radical (unpaired) electrons. The van der Waals surface area contributed by atoms with Gasteiger partial charge in [-0.3, -0.25) is 9.59 Å². The van der Waals surface area contributed by atoms with Crippen LogP contribution in [0.3, 0.4) is 0 Å². The molecule has 6 heteroatoms. The standard InChI is InChI=1S/C14H19N3O2S/c18-13(17-10-11-3-6-15-7-4-11)5-8-16-14(19)12-2-1-9-20-12/h1-3,9,15H,4-8,10H2,(H,16,19)(H,17,18). The van der Waals surface area contributed by atoms with Crippen LogP contribution in [0.2, 0.25) is 0 Å². The lowest BCUT2D eigenvalue weighted by atomic mass is 10.1. The first kappa shape index (κ1) is 14.7. The second-order valence-electron chi connectivity index (χ2n) is 4.58. The van der Waals surface area contributed by atoms with E-state index in [1.165, 1.54) is 16.9 Å². The van der Waals surface area contributed by atoms with Crippen molar-refractivity contribution in [1.82, 2.24) is 16.0 Å².